The summed E-state index contributed by atoms with van der Waals surface area (Å²) in [5, 5.41) is 2.93. The lowest BCUT2D eigenvalue weighted by atomic mass is 9.93. The van der Waals surface area contributed by atoms with E-state index in [1.807, 2.05) is 19.1 Å². The standard InChI is InChI=1S/C24H24F2N4O/c1-15-10-12-30(23(31)29-20-9-11-27-14-16(20)2)22-19(15)7-8-21(28-22)17-5-4-6-18(13-17)24(3,25)26/h4-9,11,13-15H,10,12H2,1-3H3,(H,27,29,31). The molecule has 1 N–H and O–H groups in total. The van der Waals surface area contributed by atoms with Gasteiger partial charge in [-0.2, -0.15) is 0 Å². The first-order valence-corrected chi connectivity index (χ1v) is 10.2. The van der Waals surface area contributed by atoms with E-state index in [0.29, 0.717) is 29.3 Å². The van der Waals surface area contributed by atoms with E-state index in [2.05, 4.69) is 17.2 Å². The van der Waals surface area contributed by atoms with Gasteiger partial charge in [0.1, 0.15) is 5.82 Å². The van der Waals surface area contributed by atoms with Gasteiger partial charge < -0.3 is 5.32 Å². The minimum atomic E-state index is -2.94. The van der Waals surface area contributed by atoms with Crippen molar-refractivity contribution in [1.82, 2.24) is 9.97 Å². The maximum atomic E-state index is 13.8. The highest BCUT2D eigenvalue weighted by atomic mass is 19.3. The largest absolute Gasteiger partial charge is 0.327 e. The average Bonchev–Trinajstić information content (AvgIpc) is 2.75. The quantitative estimate of drug-likeness (QED) is 0.554. The van der Waals surface area contributed by atoms with Crippen molar-refractivity contribution >= 4 is 17.5 Å². The van der Waals surface area contributed by atoms with Crippen LogP contribution in [-0.2, 0) is 5.92 Å². The fraction of sp³-hybridized carbons (Fsp3) is 0.292. The highest BCUT2D eigenvalue weighted by molar-refractivity contribution is 6.02. The van der Waals surface area contributed by atoms with Gasteiger partial charge in [0, 0.05) is 42.7 Å². The van der Waals surface area contributed by atoms with Crippen LogP contribution in [0, 0.1) is 6.92 Å². The number of carbonyl (C=O) groups excluding carboxylic acids is 1. The van der Waals surface area contributed by atoms with Crippen molar-refractivity contribution in [1.29, 1.82) is 0 Å². The zero-order valence-electron chi connectivity index (χ0n) is 17.7. The van der Waals surface area contributed by atoms with Gasteiger partial charge in [0.25, 0.3) is 5.92 Å². The van der Waals surface area contributed by atoms with Crippen LogP contribution >= 0.6 is 0 Å². The van der Waals surface area contributed by atoms with Crippen LogP contribution in [-0.4, -0.2) is 22.5 Å². The molecule has 3 aromatic rings. The number of hydrogen-bond donors (Lipinski definition) is 1. The number of carbonyl (C=O) groups is 1. The van der Waals surface area contributed by atoms with E-state index in [9.17, 15) is 13.6 Å². The number of urea groups is 1. The summed E-state index contributed by atoms with van der Waals surface area (Å²) in [6, 6.07) is 11.4. The van der Waals surface area contributed by atoms with Gasteiger partial charge in [0.15, 0.2) is 0 Å². The molecular weight excluding hydrogens is 398 g/mol. The van der Waals surface area contributed by atoms with Gasteiger partial charge in [-0.3, -0.25) is 9.88 Å². The molecule has 160 valence electrons. The van der Waals surface area contributed by atoms with Crippen LogP contribution in [0.25, 0.3) is 11.3 Å². The summed E-state index contributed by atoms with van der Waals surface area (Å²) in [4.78, 5) is 23.5. The number of aryl methyl sites for hydroxylation is 1. The van der Waals surface area contributed by atoms with Crippen molar-refractivity contribution in [2.24, 2.45) is 0 Å². The molecule has 1 aromatic carbocycles. The van der Waals surface area contributed by atoms with Crippen LogP contribution in [0.15, 0.2) is 54.9 Å². The second-order valence-corrected chi connectivity index (χ2v) is 8.04. The first-order chi connectivity index (χ1) is 14.7. The van der Waals surface area contributed by atoms with Crippen molar-refractivity contribution in [3.8, 4) is 11.3 Å². The Morgan fingerprint density at radius 2 is 2.03 bits per heavy atom. The molecule has 1 atom stereocenters. The molecule has 2 amide bonds. The van der Waals surface area contributed by atoms with Gasteiger partial charge in [-0.1, -0.05) is 31.2 Å². The van der Waals surface area contributed by atoms with Gasteiger partial charge >= 0.3 is 6.03 Å². The summed E-state index contributed by atoms with van der Waals surface area (Å²) >= 11 is 0. The van der Waals surface area contributed by atoms with E-state index in [0.717, 1.165) is 24.5 Å². The second-order valence-electron chi connectivity index (χ2n) is 8.04. The van der Waals surface area contributed by atoms with Gasteiger partial charge in [0.2, 0.25) is 0 Å². The van der Waals surface area contributed by atoms with Crippen LogP contribution in [0.3, 0.4) is 0 Å². The Morgan fingerprint density at radius 3 is 2.77 bits per heavy atom. The molecule has 0 aliphatic carbocycles. The van der Waals surface area contributed by atoms with E-state index in [-0.39, 0.29) is 17.5 Å². The third-order valence-corrected chi connectivity index (χ3v) is 5.65. The van der Waals surface area contributed by atoms with Crippen molar-refractivity contribution in [2.75, 3.05) is 16.8 Å². The predicted molar refractivity (Wildman–Crippen MR) is 118 cm³/mol. The third-order valence-electron chi connectivity index (χ3n) is 5.65. The molecule has 3 heterocycles. The highest BCUT2D eigenvalue weighted by Crippen LogP contribution is 2.37. The molecule has 7 heteroatoms. The Labute approximate surface area is 180 Å². The number of rotatable bonds is 3. The molecule has 5 nitrogen and oxygen atoms in total. The number of nitrogens with zero attached hydrogens (tertiary/aromatic N) is 3. The number of halogens is 2. The molecule has 1 aliphatic rings. The first-order valence-electron chi connectivity index (χ1n) is 10.2. The highest BCUT2D eigenvalue weighted by Gasteiger charge is 2.29. The molecule has 4 rings (SSSR count). The van der Waals surface area contributed by atoms with E-state index in [1.165, 1.54) is 12.1 Å². The lowest BCUT2D eigenvalue weighted by Gasteiger charge is -2.32. The number of benzene rings is 1. The number of amides is 2. The fourth-order valence-corrected chi connectivity index (χ4v) is 3.75. The monoisotopic (exact) mass is 422 g/mol. The maximum absolute atomic E-state index is 13.8. The molecule has 1 unspecified atom stereocenters. The third kappa shape index (κ3) is 4.26. The number of alkyl halides is 2. The first kappa shape index (κ1) is 20.9. The SMILES string of the molecule is Cc1cnccc1NC(=O)N1CCC(C)c2ccc(-c3cccc(C(C)(F)F)c3)nc21. The van der Waals surface area contributed by atoms with Gasteiger partial charge in [0.05, 0.1) is 5.69 Å². The maximum Gasteiger partial charge on any atom is 0.327 e. The number of pyridine rings is 2. The molecule has 0 spiro atoms. The molecule has 0 fully saturated rings. The Balaban J connectivity index is 1.70. The smallest absolute Gasteiger partial charge is 0.307 e. The van der Waals surface area contributed by atoms with Crippen molar-refractivity contribution in [3.63, 3.8) is 0 Å². The fourth-order valence-electron chi connectivity index (χ4n) is 3.75. The van der Waals surface area contributed by atoms with Crippen molar-refractivity contribution < 1.29 is 13.6 Å². The zero-order valence-corrected chi connectivity index (χ0v) is 17.7. The van der Waals surface area contributed by atoms with E-state index < -0.39 is 5.92 Å². The lowest BCUT2D eigenvalue weighted by molar-refractivity contribution is 0.0175. The molecule has 1 aliphatic heterocycles. The second kappa shape index (κ2) is 8.06. The summed E-state index contributed by atoms with van der Waals surface area (Å²) in [6.07, 6.45) is 4.13. The normalized spacial score (nSPS) is 16.0. The number of hydrogen-bond acceptors (Lipinski definition) is 3. The number of nitrogens with one attached hydrogen (secondary N) is 1. The molecule has 0 bridgehead atoms. The van der Waals surface area contributed by atoms with Crippen LogP contribution in [0.4, 0.5) is 25.1 Å². The Bertz CT molecular complexity index is 1130. The zero-order chi connectivity index (χ0) is 22.2. The topological polar surface area (TPSA) is 58.1 Å². The van der Waals surface area contributed by atoms with Gasteiger partial charge in [-0.15, -0.1) is 0 Å². The molecule has 2 aromatic heterocycles. The van der Waals surface area contributed by atoms with Crippen LogP contribution in [0.2, 0.25) is 0 Å². The number of aromatic nitrogens is 2. The van der Waals surface area contributed by atoms with E-state index >= 15 is 0 Å². The summed E-state index contributed by atoms with van der Waals surface area (Å²) in [7, 11) is 0. The summed E-state index contributed by atoms with van der Waals surface area (Å²) in [6.45, 7) is 5.37. The Kier molecular flexibility index (Phi) is 5.43. The minimum Gasteiger partial charge on any atom is -0.307 e. The van der Waals surface area contributed by atoms with Crippen molar-refractivity contribution in [3.05, 3.63) is 71.5 Å². The Morgan fingerprint density at radius 1 is 1.23 bits per heavy atom. The summed E-state index contributed by atoms with van der Waals surface area (Å²) in [5.41, 5.74) is 3.59. The van der Waals surface area contributed by atoms with Crippen LogP contribution in [0.1, 0.15) is 42.9 Å². The Hall–Kier alpha value is -3.35. The van der Waals surface area contributed by atoms with E-state index in [4.69, 9.17) is 4.98 Å². The van der Waals surface area contributed by atoms with E-state index in [1.54, 1.807) is 35.5 Å². The molecule has 0 saturated heterocycles. The summed E-state index contributed by atoms with van der Waals surface area (Å²) < 4.78 is 27.6. The predicted octanol–water partition coefficient (Wildman–Crippen LogP) is 6.11. The molecule has 0 radical (unpaired) electrons. The lowest BCUT2D eigenvalue weighted by Crippen LogP contribution is -2.40. The molecular formula is C24H24F2N4O. The van der Waals surface area contributed by atoms with Crippen molar-refractivity contribution in [2.45, 2.75) is 39.0 Å². The van der Waals surface area contributed by atoms with Gasteiger partial charge in [-0.05, 0) is 48.6 Å². The summed E-state index contributed by atoms with van der Waals surface area (Å²) in [5.74, 6) is -2.13. The minimum absolute atomic E-state index is 0.0688. The number of fused-ring (bicyclic) bond motifs is 1. The molecule has 0 saturated carbocycles. The number of anilines is 2. The van der Waals surface area contributed by atoms with Crippen LogP contribution in [0.5, 0.6) is 0 Å². The van der Waals surface area contributed by atoms with Crippen LogP contribution < -0.4 is 10.2 Å². The average molecular weight is 422 g/mol. The van der Waals surface area contributed by atoms with Gasteiger partial charge in [-0.25, -0.2) is 18.6 Å². The molecule has 31 heavy (non-hydrogen) atoms.